The lowest BCUT2D eigenvalue weighted by molar-refractivity contribution is -0.141. The molecule has 0 aliphatic heterocycles. The summed E-state index contributed by atoms with van der Waals surface area (Å²) in [5, 5.41) is 3.05. The van der Waals surface area contributed by atoms with Gasteiger partial charge in [-0.1, -0.05) is 6.92 Å². The summed E-state index contributed by atoms with van der Waals surface area (Å²) in [6.45, 7) is 2.49. The van der Waals surface area contributed by atoms with Crippen molar-refractivity contribution in [1.82, 2.24) is 9.97 Å². The Kier molecular flexibility index (Phi) is 4.40. The third-order valence-corrected chi connectivity index (χ3v) is 2.87. The maximum absolute atomic E-state index is 12.3. The Bertz CT molecular complexity index is 343. The molecule has 0 aliphatic carbocycles. The maximum Gasteiger partial charge on any atom is 0.433 e. The molecule has 1 atom stereocenters. The van der Waals surface area contributed by atoms with E-state index < -0.39 is 11.9 Å². The highest BCUT2D eigenvalue weighted by Gasteiger charge is 2.32. The zero-order chi connectivity index (χ0) is 12.2. The van der Waals surface area contributed by atoms with Gasteiger partial charge in [0.25, 0.3) is 0 Å². The van der Waals surface area contributed by atoms with Crippen LogP contribution in [0.2, 0.25) is 0 Å². The third kappa shape index (κ3) is 3.88. The van der Waals surface area contributed by atoms with Crippen molar-refractivity contribution < 1.29 is 13.2 Å². The van der Waals surface area contributed by atoms with Crippen LogP contribution >= 0.6 is 11.8 Å². The highest BCUT2D eigenvalue weighted by molar-refractivity contribution is 7.99. The Morgan fingerprint density at radius 2 is 2.19 bits per heavy atom. The van der Waals surface area contributed by atoms with Gasteiger partial charge in [0.2, 0.25) is 5.95 Å². The van der Waals surface area contributed by atoms with Crippen molar-refractivity contribution in [3.05, 3.63) is 18.0 Å². The molecule has 7 heteroatoms. The molecular formula is C9H12F3N3S. The maximum atomic E-state index is 12.3. The van der Waals surface area contributed by atoms with E-state index in [1.165, 1.54) is 0 Å². The van der Waals surface area contributed by atoms with Crippen molar-refractivity contribution in [2.45, 2.75) is 18.3 Å². The average Bonchev–Trinajstić information content (AvgIpc) is 2.25. The first-order chi connectivity index (χ1) is 7.43. The monoisotopic (exact) mass is 251 g/mol. The minimum Gasteiger partial charge on any atom is -0.353 e. The average molecular weight is 251 g/mol. The van der Waals surface area contributed by atoms with Gasteiger partial charge in [-0.15, -0.1) is 0 Å². The van der Waals surface area contributed by atoms with E-state index in [1.807, 2.05) is 13.2 Å². The summed E-state index contributed by atoms with van der Waals surface area (Å²) in [6, 6.07) is 0.850. The van der Waals surface area contributed by atoms with Crippen LogP contribution in [0.3, 0.4) is 0 Å². The molecule has 0 spiro atoms. The van der Waals surface area contributed by atoms with Gasteiger partial charge < -0.3 is 5.32 Å². The molecular weight excluding hydrogens is 239 g/mol. The zero-order valence-corrected chi connectivity index (χ0v) is 9.69. The van der Waals surface area contributed by atoms with Gasteiger partial charge >= 0.3 is 6.18 Å². The molecule has 0 saturated heterocycles. The number of nitrogens with one attached hydrogen (secondary N) is 1. The number of nitrogens with zero attached hydrogens (tertiary/aromatic N) is 2. The van der Waals surface area contributed by atoms with E-state index in [9.17, 15) is 13.2 Å². The van der Waals surface area contributed by atoms with Crippen LogP contribution in [0.25, 0.3) is 0 Å². The summed E-state index contributed by atoms with van der Waals surface area (Å²) in [4.78, 5) is 7.12. The summed E-state index contributed by atoms with van der Waals surface area (Å²) in [5.41, 5.74) is -0.929. The van der Waals surface area contributed by atoms with Crippen LogP contribution in [0.4, 0.5) is 19.1 Å². The fraction of sp³-hybridized carbons (Fsp3) is 0.556. The predicted octanol–water partition coefficient (Wildman–Crippen LogP) is 2.66. The fourth-order valence-electron chi connectivity index (χ4n) is 0.920. The number of hydrogen-bond donors (Lipinski definition) is 1. The van der Waals surface area contributed by atoms with Gasteiger partial charge in [-0.05, 0) is 12.3 Å². The molecule has 0 aliphatic rings. The highest BCUT2D eigenvalue weighted by atomic mass is 32.2. The quantitative estimate of drug-likeness (QED) is 0.892. The number of anilines is 1. The number of rotatable bonds is 4. The van der Waals surface area contributed by atoms with E-state index >= 15 is 0 Å². The topological polar surface area (TPSA) is 37.8 Å². The Morgan fingerprint density at radius 3 is 2.75 bits per heavy atom. The summed E-state index contributed by atoms with van der Waals surface area (Å²) < 4.78 is 36.9. The van der Waals surface area contributed by atoms with E-state index in [0.29, 0.717) is 6.54 Å². The van der Waals surface area contributed by atoms with E-state index in [2.05, 4.69) is 15.3 Å². The minimum absolute atomic E-state index is 0.00993. The third-order valence-electron chi connectivity index (χ3n) is 1.90. The first-order valence-corrected chi connectivity index (χ1v) is 5.89. The second kappa shape index (κ2) is 5.38. The van der Waals surface area contributed by atoms with Crippen molar-refractivity contribution in [3.8, 4) is 0 Å². The molecule has 90 valence electrons. The first-order valence-electron chi connectivity index (χ1n) is 4.60. The van der Waals surface area contributed by atoms with E-state index in [0.717, 1.165) is 12.3 Å². The smallest absolute Gasteiger partial charge is 0.353 e. The van der Waals surface area contributed by atoms with Gasteiger partial charge in [-0.25, -0.2) is 9.97 Å². The molecule has 1 N–H and O–H groups in total. The molecule has 1 unspecified atom stereocenters. The van der Waals surface area contributed by atoms with E-state index in [1.54, 1.807) is 11.8 Å². The first kappa shape index (κ1) is 13.1. The summed E-state index contributed by atoms with van der Waals surface area (Å²) in [7, 11) is 0. The van der Waals surface area contributed by atoms with Crippen LogP contribution in [-0.2, 0) is 6.18 Å². The number of alkyl halides is 3. The van der Waals surface area contributed by atoms with Gasteiger partial charge in [0.1, 0.15) is 5.69 Å². The molecule has 1 aromatic heterocycles. The molecule has 0 aromatic carbocycles. The molecule has 1 aromatic rings. The van der Waals surface area contributed by atoms with E-state index in [-0.39, 0.29) is 11.2 Å². The van der Waals surface area contributed by atoms with Crippen LogP contribution in [0.1, 0.15) is 12.6 Å². The molecule has 0 amide bonds. The fourth-order valence-corrected chi connectivity index (χ4v) is 1.17. The van der Waals surface area contributed by atoms with Crippen LogP contribution < -0.4 is 5.32 Å². The van der Waals surface area contributed by atoms with Crippen molar-refractivity contribution in [2.75, 3.05) is 18.1 Å². The number of thioether (sulfide) groups is 1. The Balaban J connectivity index is 2.68. The lowest BCUT2D eigenvalue weighted by Gasteiger charge is -2.11. The minimum atomic E-state index is -4.43. The van der Waals surface area contributed by atoms with Crippen LogP contribution in [-0.4, -0.2) is 28.0 Å². The van der Waals surface area contributed by atoms with Crippen molar-refractivity contribution in [3.63, 3.8) is 0 Å². The second-order valence-corrected chi connectivity index (χ2v) is 4.47. The highest BCUT2D eigenvalue weighted by Crippen LogP contribution is 2.27. The Morgan fingerprint density at radius 1 is 1.50 bits per heavy atom. The molecule has 0 fully saturated rings. The van der Waals surface area contributed by atoms with Crippen molar-refractivity contribution >= 4 is 17.7 Å². The Hall–Kier alpha value is -0.980. The molecule has 16 heavy (non-hydrogen) atoms. The van der Waals surface area contributed by atoms with Gasteiger partial charge in [0, 0.05) is 18.0 Å². The largest absolute Gasteiger partial charge is 0.433 e. The Labute approximate surface area is 95.9 Å². The van der Waals surface area contributed by atoms with Gasteiger partial charge in [0.15, 0.2) is 0 Å². The van der Waals surface area contributed by atoms with Crippen LogP contribution in [0, 0.1) is 0 Å². The van der Waals surface area contributed by atoms with Crippen LogP contribution in [0.5, 0.6) is 0 Å². The molecule has 1 heterocycles. The number of hydrogen-bond acceptors (Lipinski definition) is 4. The molecule has 0 bridgehead atoms. The SMILES string of the molecule is CSC(C)CNc1nccc(C(F)(F)F)n1. The van der Waals surface area contributed by atoms with Gasteiger partial charge in [0.05, 0.1) is 0 Å². The van der Waals surface area contributed by atoms with E-state index in [4.69, 9.17) is 0 Å². The van der Waals surface area contributed by atoms with Crippen molar-refractivity contribution in [1.29, 1.82) is 0 Å². The summed E-state index contributed by atoms with van der Waals surface area (Å²) in [6.07, 6.45) is -1.40. The summed E-state index contributed by atoms with van der Waals surface area (Å²) >= 11 is 1.61. The zero-order valence-electron chi connectivity index (χ0n) is 8.88. The molecule has 1 rings (SSSR count). The number of aromatic nitrogens is 2. The molecule has 0 saturated carbocycles. The van der Waals surface area contributed by atoms with Crippen molar-refractivity contribution in [2.24, 2.45) is 0 Å². The van der Waals surface area contributed by atoms with Crippen LogP contribution in [0.15, 0.2) is 12.3 Å². The normalized spacial score (nSPS) is 13.6. The van der Waals surface area contributed by atoms with Gasteiger partial charge in [-0.2, -0.15) is 24.9 Å². The van der Waals surface area contributed by atoms with Gasteiger partial charge in [-0.3, -0.25) is 0 Å². The standard InChI is InChI=1S/C9H12F3N3S/c1-6(16-2)5-14-8-13-4-3-7(15-8)9(10,11)12/h3-4,6H,5H2,1-2H3,(H,13,14,15). The predicted molar refractivity (Wildman–Crippen MR) is 58.5 cm³/mol. The second-order valence-electron chi connectivity index (χ2n) is 3.19. The molecule has 3 nitrogen and oxygen atoms in total. The lowest BCUT2D eigenvalue weighted by atomic mass is 10.4. The molecule has 0 radical (unpaired) electrons. The number of halogens is 3. The summed E-state index contributed by atoms with van der Waals surface area (Å²) in [5.74, 6) is 0.00993. The lowest BCUT2D eigenvalue weighted by Crippen LogP contribution is -2.16.